The van der Waals surface area contributed by atoms with Gasteiger partial charge in [-0.2, -0.15) is 0 Å². The lowest BCUT2D eigenvalue weighted by molar-refractivity contribution is -0.144. The first-order valence-corrected chi connectivity index (χ1v) is 14.0. The van der Waals surface area contributed by atoms with E-state index in [2.05, 4.69) is 16.0 Å². The van der Waals surface area contributed by atoms with E-state index in [0.29, 0.717) is 47.7 Å². The number of piperazine rings is 1. The van der Waals surface area contributed by atoms with Crippen LogP contribution < -0.4 is 25.4 Å². The summed E-state index contributed by atoms with van der Waals surface area (Å²) in [4.78, 5) is 28.4. The van der Waals surface area contributed by atoms with Gasteiger partial charge in [0.25, 0.3) is 5.91 Å². The fourth-order valence-corrected chi connectivity index (χ4v) is 6.31. The number of ether oxygens (including phenoxy) is 2. The molecule has 2 heterocycles. The number of carbonyl (C=O) groups excluding carboxylic acids is 2. The minimum Gasteiger partial charge on any atom is -0.497 e. The fraction of sp³-hybridized carbons (Fsp3) is 0.517. The highest BCUT2D eigenvalue weighted by molar-refractivity contribution is 6.30. The minimum absolute atomic E-state index is 0.0154. The molecule has 2 saturated heterocycles. The maximum atomic E-state index is 14.5. The van der Waals surface area contributed by atoms with Crippen LogP contribution in [0.2, 0.25) is 5.02 Å². The maximum Gasteiger partial charge on any atom is 0.263 e. The summed E-state index contributed by atoms with van der Waals surface area (Å²) >= 11 is 6.23. The molecule has 3 N–H and O–H groups in total. The number of halogens is 1. The van der Waals surface area contributed by atoms with Crippen molar-refractivity contribution < 1.29 is 19.1 Å². The summed E-state index contributed by atoms with van der Waals surface area (Å²) in [5, 5.41) is 11.0. The van der Waals surface area contributed by atoms with Crippen LogP contribution in [0.3, 0.4) is 0 Å². The number of hydrogen-bond donors (Lipinski definition) is 3. The molecule has 3 fully saturated rings. The Bertz CT molecular complexity index is 1150. The molecule has 9 heteroatoms. The summed E-state index contributed by atoms with van der Waals surface area (Å²) in [5.74, 6) is 1.46. The zero-order valence-electron chi connectivity index (χ0n) is 22.1. The average Bonchev–Trinajstić information content (AvgIpc) is 3.58. The molecule has 3 aliphatic rings. The Balaban J connectivity index is 1.61. The predicted molar refractivity (Wildman–Crippen MR) is 146 cm³/mol. The van der Waals surface area contributed by atoms with Crippen molar-refractivity contribution in [3.05, 3.63) is 58.6 Å². The molecule has 2 aromatic rings. The van der Waals surface area contributed by atoms with Gasteiger partial charge in [-0.15, -0.1) is 0 Å². The van der Waals surface area contributed by atoms with Crippen LogP contribution in [-0.4, -0.2) is 56.1 Å². The van der Waals surface area contributed by atoms with Crippen molar-refractivity contribution in [3.8, 4) is 11.5 Å². The number of amides is 2. The van der Waals surface area contributed by atoms with Crippen molar-refractivity contribution in [1.82, 2.24) is 20.9 Å². The number of rotatable bonds is 8. The standard InChI is InChI=1S/C29H37ClN4O4/c1-3-38-25-17-22(37-2)12-13-23(25)29(28(36)34-15-14-31-26(35)18-34)32-24(16-19-6-4-5-7-19)27(33-29)20-8-10-21(30)11-9-20/h8-13,17,19,24,27,32-33H,3-7,14-16,18H2,1-2H3,(H,31,35). The van der Waals surface area contributed by atoms with Gasteiger partial charge in [0, 0.05) is 41.8 Å². The SMILES string of the molecule is CCOc1cc(OC)ccc1C1(C(=O)N2CCNC(=O)C2)NC(CC2CCCC2)C(c2ccc(Cl)cc2)N1. The zero-order chi connectivity index (χ0) is 26.7. The van der Waals surface area contributed by atoms with E-state index in [4.69, 9.17) is 21.1 Å². The number of nitrogens with zero attached hydrogens (tertiary/aromatic N) is 1. The Hall–Kier alpha value is -2.81. The highest BCUT2D eigenvalue weighted by Crippen LogP contribution is 2.43. The van der Waals surface area contributed by atoms with E-state index in [1.165, 1.54) is 25.7 Å². The van der Waals surface area contributed by atoms with Crippen molar-refractivity contribution in [1.29, 1.82) is 0 Å². The van der Waals surface area contributed by atoms with Gasteiger partial charge in [0.15, 0.2) is 5.66 Å². The van der Waals surface area contributed by atoms with E-state index in [1.54, 1.807) is 12.0 Å². The van der Waals surface area contributed by atoms with Crippen LogP contribution in [0.1, 0.15) is 56.2 Å². The Morgan fingerprint density at radius 2 is 1.89 bits per heavy atom. The molecule has 204 valence electrons. The molecule has 0 aromatic heterocycles. The first-order chi connectivity index (χ1) is 18.4. The van der Waals surface area contributed by atoms with Gasteiger partial charge in [-0.3, -0.25) is 20.2 Å². The summed E-state index contributed by atoms with van der Waals surface area (Å²) in [6, 6.07) is 13.2. The van der Waals surface area contributed by atoms with Crippen LogP contribution in [0.4, 0.5) is 0 Å². The van der Waals surface area contributed by atoms with Crippen LogP contribution in [0.25, 0.3) is 0 Å². The normalized spacial score (nSPS) is 25.9. The third kappa shape index (κ3) is 5.35. The number of hydrogen-bond acceptors (Lipinski definition) is 6. The quantitative estimate of drug-likeness (QED) is 0.472. The minimum atomic E-state index is -1.29. The number of benzene rings is 2. The van der Waals surface area contributed by atoms with Gasteiger partial charge in [-0.25, -0.2) is 0 Å². The smallest absolute Gasteiger partial charge is 0.263 e. The Kier molecular flexibility index (Phi) is 8.12. The van der Waals surface area contributed by atoms with Crippen LogP contribution >= 0.6 is 11.6 Å². The molecule has 3 unspecified atom stereocenters. The first kappa shape index (κ1) is 26.8. The lowest BCUT2D eigenvalue weighted by atomic mass is 9.91. The lowest BCUT2D eigenvalue weighted by Gasteiger charge is -2.38. The Morgan fingerprint density at radius 3 is 2.58 bits per heavy atom. The molecular formula is C29H37ClN4O4. The summed E-state index contributed by atoms with van der Waals surface area (Å²) in [5.41, 5.74) is 0.452. The van der Waals surface area contributed by atoms with Crippen LogP contribution in [0, 0.1) is 5.92 Å². The largest absolute Gasteiger partial charge is 0.497 e. The third-order valence-corrected chi connectivity index (χ3v) is 8.26. The molecule has 38 heavy (non-hydrogen) atoms. The molecule has 5 rings (SSSR count). The highest BCUT2D eigenvalue weighted by Gasteiger charge is 2.54. The van der Waals surface area contributed by atoms with E-state index < -0.39 is 5.66 Å². The second-order valence-electron chi connectivity index (χ2n) is 10.4. The highest BCUT2D eigenvalue weighted by atomic mass is 35.5. The van der Waals surface area contributed by atoms with Crippen molar-refractivity contribution in [2.75, 3.05) is 33.4 Å². The Labute approximate surface area is 229 Å². The van der Waals surface area contributed by atoms with Gasteiger partial charge in [-0.1, -0.05) is 49.4 Å². The third-order valence-electron chi connectivity index (χ3n) is 8.01. The molecule has 1 aliphatic carbocycles. The molecule has 3 atom stereocenters. The van der Waals surface area contributed by atoms with E-state index in [0.717, 1.165) is 12.0 Å². The Morgan fingerprint density at radius 1 is 1.13 bits per heavy atom. The zero-order valence-corrected chi connectivity index (χ0v) is 22.9. The van der Waals surface area contributed by atoms with Crippen molar-refractivity contribution >= 4 is 23.4 Å². The van der Waals surface area contributed by atoms with Gasteiger partial charge in [0.2, 0.25) is 5.91 Å². The molecule has 2 aromatic carbocycles. The second kappa shape index (κ2) is 11.5. The monoisotopic (exact) mass is 540 g/mol. The number of carbonyl (C=O) groups is 2. The van der Waals surface area contributed by atoms with Gasteiger partial charge in [-0.05, 0) is 49.1 Å². The van der Waals surface area contributed by atoms with Crippen molar-refractivity contribution in [2.45, 2.75) is 56.8 Å². The van der Waals surface area contributed by atoms with Crippen LogP contribution in [0.15, 0.2) is 42.5 Å². The lowest BCUT2D eigenvalue weighted by Crippen LogP contribution is -2.63. The number of methoxy groups -OCH3 is 1. The average molecular weight is 541 g/mol. The van der Waals surface area contributed by atoms with Gasteiger partial charge in [0.1, 0.15) is 11.5 Å². The van der Waals surface area contributed by atoms with Crippen molar-refractivity contribution in [2.24, 2.45) is 5.92 Å². The molecule has 0 radical (unpaired) electrons. The maximum absolute atomic E-state index is 14.5. The molecule has 0 spiro atoms. The van der Waals surface area contributed by atoms with E-state index in [1.807, 2.05) is 49.4 Å². The predicted octanol–water partition coefficient (Wildman–Crippen LogP) is 3.74. The van der Waals surface area contributed by atoms with Crippen molar-refractivity contribution in [3.63, 3.8) is 0 Å². The van der Waals surface area contributed by atoms with Gasteiger partial charge in [0.05, 0.1) is 20.3 Å². The van der Waals surface area contributed by atoms with E-state index in [-0.39, 0.29) is 30.4 Å². The van der Waals surface area contributed by atoms with E-state index >= 15 is 0 Å². The molecule has 1 saturated carbocycles. The molecule has 2 amide bonds. The summed E-state index contributed by atoms with van der Waals surface area (Å²) in [6.45, 7) is 3.23. The molecule has 2 aliphatic heterocycles. The van der Waals surface area contributed by atoms with E-state index in [9.17, 15) is 9.59 Å². The topological polar surface area (TPSA) is 91.9 Å². The van der Waals surface area contributed by atoms with Crippen LogP contribution in [0.5, 0.6) is 11.5 Å². The summed E-state index contributed by atoms with van der Waals surface area (Å²) < 4.78 is 11.5. The fourth-order valence-electron chi connectivity index (χ4n) is 6.18. The number of nitrogens with one attached hydrogen (secondary N) is 3. The summed E-state index contributed by atoms with van der Waals surface area (Å²) in [6.07, 6.45) is 5.83. The summed E-state index contributed by atoms with van der Waals surface area (Å²) in [7, 11) is 1.61. The van der Waals surface area contributed by atoms with Gasteiger partial charge < -0.3 is 19.7 Å². The molecular weight excluding hydrogens is 504 g/mol. The first-order valence-electron chi connectivity index (χ1n) is 13.6. The van der Waals surface area contributed by atoms with Crippen LogP contribution in [-0.2, 0) is 15.3 Å². The van der Waals surface area contributed by atoms with Gasteiger partial charge >= 0.3 is 0 Å². The molecule has 0 bridgehead atoms. The second-order valence-corrected chi connectivity index (χ2v) is 10.9. The molecule has 8 nitrogen and oxygen atoms in total.